The molecule has 102 valence electrons. The first-order valence-corrected chi connectivity index (χ1v) is 6.53. The Morgan fingerprint density at radius 3 is 2.11 bits per heavy atom. The summed E-state index contributed by atoms with van der Waals surface area (Å²) in [4.78, 5) is 20.3. The molecule has 0 saturated heterocycles. The summed E-state index contributed by atoms with van der Waals surface area (Å²) in [6, 6.07) is 10.0. The molecule has 0 saturated carbocycles. The van der Waals surface area contributed by atoms with Crippen molar-refractivity contribution in [2.75, 3.05) is 5.33 Å². The second kappa shape index (κ2) is 10.1. The van der Waals surface area contributed by atoms with Crippen molar-refractivity contribution in [3.8, 4) is 0 Å². The molecule has 0 aliphatic heterocycles. The maximum atomic E-state index is 10.3. The van der Waals surface area contributed by atoms with Crippen LogP contribution < -0.4 is 0 Å². The first kappa shape index (κ1) is 17.1. The van der Waals surface area contributed by atoms with Crippen molar-refractivity contribution in [2.24, 2.45) is 0 Å². The molecule has 0 spiro atoms. The van der Waals surface area contributed by atoms with Crippen LogP contribution in [0.3, 0.4) is 0 Å². The quantitative estimate of drug-likeness (QED) is 0.643. The molecule has 0 radical (unpaired) electrons. The lowest BCUT2D eigenvalue weighted by atomic mass is 10.2. The summed E-state index contributed by atoms with van der Waals surface area (Å²) in [6.07, 6.45) is 2.74. The SMILES string of the molecule is C=Cc1ccccc1.O=C(O)/C=C(/CCBr)C(=O)O. The van der Waals surface area contributed by atoms with Gasteiger partial charge in [0.1, 0.15) is 0 Å². The fourth-order valence-electron chi connectivity index (χ4n) is 1.08. The number of rotatable bonds is 5. The highest BCUT2D eigenvalue weighted by Crippen LogP contribution is 2.03. The molecule has 0 fully saturated rings. The Morgan fingerprint density at radius 2 is 1.79 bits per heavy atom. The largest absolute Gasteiger partial charge is 0.478 e. The van der Waals surface area contributed by atoms with E-state index in [4.69, 9.17) is 10.2 Å². The van der Waals surface area contributed by atoms with Crippen molar-refractivity contribution >= 4 is 33.9 Å². The van der Waals surface area contributed by atoms with Gasteiger partial charge >= 0.3 is 11.9 Å². The summed E-state index contributed by atoms with van der Waals surface area (Å²) in [5.41, 5.74) is 1.07. The number of carboxylic acid groups (broad SMARTS) is 2. The van der Waals surface area contributed by atoms with Crippen molar-refractivity contribution in [1.82, 2.24) is 0 Å². The maximum absolute atomic E-state index is 10.3. The number of hydrogen-bond acceptors (Lipinski definition) is 2. The Morgan fingerprint density at radius 1 is 1.21 bits per heavy atom. The van der Waals surface area contributed by atoms with E-state index in [1.165, 1.54) is 5.56 Å². The molecular formula is C14H15BrO4. The molecule has 1 aromatic carbocycles. The van der Waals surface area contributed by atoms with Crippen LogP contribution in [0.5, 0.6) is 0 Å². The Bertz CT molecular complexity index is 452. The molecule has 4 nitrogen and oxygen atoms in total. The predicted octanol–water partition coefficient (Wildman–Crippen LogP) is 3.20. The number of carboxylic acids is 2. The molecule has 0 unspecified atom stereocenters. The number of benzene rings is 1. The minimum Gasteiger partial charge on any atom is -0.478 e. The number of aliphatic carboxylic acids is 2. The van der Waals surface area contributed by atoms with Crippen LogP contribution in [0.25, 0.3) is 6.08 Å². The van der Waals surface area contributed by atoms with Gasteiger partial charge in [-0.3, -0.25) is 0 Å². The maximum Gasteiger partial charge on any atom is 0.331 e. The van der Waals surface area contributed by atoms with E-state index >= 15 is 0 Å². The van der Waals surface area contributed by atoms with E-state index in [0.29, 0.717) is 11.4 Å². The fraction of sp³-hybridized carbons (Fsp3) is 0.143. The van der Waals surface area contributed by atoms with Gasteiger partial charge in [0.2, 0.25) is 0 Å². The highest BCUT2D eigenvalue weighted by atomic mass is 79.9. The normalized spacial score (nSPS) is 10.1. The molecular weight excluding hydrogens is 312 g/mol. The van der Waals surface area contributed by atoms with Crippen molar-refractivity contribution in [3.05, 3.63) is 54.1 Å². The second-order valence-electron chi connectivity index (χ2n) is 3.37. The standard InChI is InChI=1S/C8H8.C6H7BrO4/c1-2-8-6-4-3-5-7-8;7-2-1-4(6(10)11)3-5(8)9/h2-7H,1H2;3H,1-2H2,(H,8,9)(H,10,11)/b;4-3-. The first-order valence-electron chi connectivity index (χ1n) is 5.41. The number of hydrogen-bond donors (Lipinski definition) is 2. The average Bonchev–Trinajstić information content (AvgIpc) is 2.39. The summed E-state index contributed by atoms with van der Waals surface area (Å²) in [5.74, 6) is -2.42. The Balaban J connectivity index is 0.000000356. The molecule has 1 aromatic rings. The lowest BCUT2D eigenvalue weighted by Gasteiger charge is -1.95. The van der Waals surface area contributed by atoms with Crippen molar-refractivity contribution in [3.63, 3.8) is 0 Å². The lowest BCUT2D eigenvalue weighted by Crippen LogP contribution is -2.04. The van der Waals surface area contributed by atoms with Gasteiger partial charge in [0, 0.05) is 17.0 Å². The summed E-state index contributed by atoms with van der Waals surface area (Å²) in [6.45, 7) is 3.63. The second-order valence-corrected chi connectivity index (χ2v) is 4.16. The molecule has 0 aromatic heterocycles. The van der Waals surface area contributed by atoms with E-state index in [0.717, 1.165) is 0 Å². The van der Waals surface area contributed by atoms with Gasteiger partial charge in [-0.2, -0.15) is 0 Å². The van der Waals surface area contributed by atoms with E-state index in [9.17, 15) is 9.59 Å². The van der Waals surface area contributed by atoms with Crippen molar-refractivity contribution in [1.29, 1.82) is 0 Å². The topological polar surface area (TPSA) is 74.6 Å². The van der Waals surface area contributed by atoms with Crippen LogP contribution in [0, 0.1) is 0 Å². The Hall–Kier alpha value is -1.88. The highest BCUT2D eigenvalue weighted by Gasteiger charge is 2.07. The van der Waals surface area contributed by atoms with E-state index in [1.807, 2.05) is 36.4 Å². The summed E-state index contributed by atoms with van der Waals surface area (Å²) in [7, 11) is 0. The fourth-order valence-corrected chi connectivity index (χ4v) is 1.51. The van der Waals surface area contributed by atoms with Gasteiger partial charge in [0.15, 0.2) is 0 Å². The van der Waals surface area contributed by atoms with Gasteiger partial charge < -0.3 is 10.2 Å². The van der Waals surface area contributed by atoms with Crippen LogP contribution in [-0.4, -0.2) is 27.5 Å². The third kappa shape index (κ3) is 8.79. The molecule has 0 atom stereocenters. The van der Waals surface area contributed by atoms with E-state index in [1.54, 1.807) is 0 Å². The van der Waals surface area contributed by atoms with Crippen LogP contribution in [0.2, 0.25) is 0 Å². The van der Waals surface area contributed by atoms with Crippen molar-refractivity contribution < 1.29 is 19.8 Å². The highest BCUT2D eigenvalue weighted by molar-refractivity contribution is 9.09. The number of halogens is 1. The van der Waals surface area contributed by atoms with Crippen LogP contribution >= 0.6 is 15.9 Å². The minimum absolute atomic E-state index is 0.102. The summed E-state index contributed by atoms with van der Waals surface area (Å²) in [5, 5.41) is 17.0. The monoisotopic (exact) mass is 326 g/mol. The van der Waals surface area contributed by atoms with Gasteiger partial charge in [0.05, 0.1) is 0 Å². The molecule has 0 heterocycles. The lowest BCUT2D eigenvalue weighted by molar-refractivity contribution is -0.135. The summed E-state index contributed by atoms with van der Waals surface area (Å²) >= 11 is 3.01. The van der Waals surface area contributed by atoms with Crippen LogP contribution in [0.1, 0.15) is 12.0 Å². The molecule has 0 aliphatic carbocycles. The van der Waals surface area contributed by atoms with Gasteiger partial charge in [-0.15, -0.1) is 0 Å². The number of alkyl halides is 1. The van der Waals surface area contributed by atoms with Crippen LogP contribution in [0.15, 0.2) is 48.6 Å². The zero-order valence-corrected chi connectivity index (χ0v) is 11.8. The van der Waals surface area contributed by atoms with Crippen LogP contribution in [-0.2, 0) is 9.59 Å². The van der Waals surface area contributed by atoms with E-state index < -0.39 is 11.9 Å². The number of carbonyl (C=O) groups is 2. The molecule has 0 bridgehead atoms. The third-order valence-corrected chi connectivity index (χ3v) is 2.37. The molecule has 19 heavy (non-hydrogen) atoms. The van der Waals surface area contributed by atoms with E-state index in [2.05, 4.69) is 22.5 Å². The van der Waals surface area contributed by atoms with Crippen molar-refractivity contribution in [2.45, 2.75) is 6.42 Å². The summed E-state index contributed by atoms with van der Waals surface area (Å²) < 4.78 is 0. The molecule has 0 amide bonds. The third-order valence-electron chi connectivity index (χ3n) is 1.97. The van der Waals surface area contributed by atoms with Crippen LogP contribution in [0.4, 0.5) is 0 Å². The van der Waals surface area contributed by atoms with Gasteiger partial charge in [0.25, 0.3) is 0 Å². The van der Waals surface area contributed by atoms with Gasteiger partial charge in [-0.05, 0) is 12.0 Å². The smallest absolute Gasteiger partial charge is 0.331 e. The van der Waals surface area contributed by atoms with Gasteiger partial charge in [-0.25, -0.2) is 9.59 Å². The average molecular weight is 327 g/mol. The Labute approximate surface area is 120 Å². The predicted molar refractivity (Wildman–Crippen MR) is 78.3 cm³/mol. The Kier molecular flexibility index (Phi) is 9.08. The first-order chi connectivity index (χ1) is 9.01. The zero-order chi connectivity index (χ0) is 14.7. The van der Waals surface area contributed by atoms with Gasteiger partial charge in [-0.1, -0.05) is 58.9 Å². The molecule has 5 heteroatoms. The molecule has 1 rings (SSSR count). The minimum atomic E-state index is -1.23. The molecule has 2 N–H and O–H groups in total. The zero-order valence-electron chi connectivity index (χ0n) is 10.3. The molecule has 0 aliphatic rings. The van der Waals surface area contributed by atoms with E-state index in [-0.39, 0.29) is 12.0 Å².